The molecule has 0 fully saturated rings. The van der Waals surface area contributed by atoms with Gasteiger partial charge in [-0.05, 0) is 30.2 Å². The van der Waals surface area contributed by atoms with Gasteiger partial charge in [0.05, 0.1) is 6.42 Å². The number of nitrogens with one attached hydrogen (secondary N) is 2. The first kappa shape index (κ1) is 14.8. The van der Waals surface area contributed by atoms with E-state index in [9.17, 15) is 18.0 Å². The van der Waals surface area contributed by atoms with Gasteiger partial charge in [0, 0.05) is 18.2 Å². The lowest BCUT2D eigenvalue weighted by Crippen LogP contribution is -2.32. The van der Waals surface area contributed by atoms with Crippen molar-refractivity contribution in [1.29, 1.82) is 0 Å². The number of carbonyl (C=O) groups excluding carboxylic acids is 1. The molecule has 0 aromatic heterocycles. The van der Waals surface area contributed by atoms with E-state index in [1.807, 2.05) is 0 Å². The third-order valence-corrected chi connectivity index (χ3v) is 3.35. The van der Waals surface area contributed by atoms with Crippen molar-refractivity contribution in [2.45, 2.75) is 32.0 Å². The van der Waals surface area contributed by atoms with Crippen molar-refractivity contribution in [3.63, 3.8) is 0 Å². The SMILES string of the molecule is CCNC(CC(F)(F)F)c1ccc2c(c1)C(=O)NCC2. The Kier molecular flexibility index (Phi) is 4.32. The molecular weight excluding hydrogens is 269 g/mol. The van der Waals surface area contributed by atoms with Gasteiger partial charge in [0.15, 0.2) is 0 Å². The van der Waals surface area contributed by atoms with Crippen molar-refractivity contribution in [1.82, 2.24) is 10.6 Å². The largest absolute Gasteiger partial charge is 0.390 e. The molecule has 1 aromatic rings. The molecule has 20 heavy (non-hydrogen) atoms. The maximum absolute atomic E-state index is 12.6. The van der Waals surface area contributed by atoms with Crippen LogP contribution in [0, 0.1) is 0 Å². The molecule has 1 aromatic carbocycles. The molecule has 1 unspecified atom stereocenters. The van der Waals surface area contributed by atoms with Crippen LogP contribution in [0.3, 0.4) is 0 Å². The number of amides is 1. The van der Waals surface area contributed by atoms with Crippen molar-refractivity contribution in [2.75, 3.05) is 13.1 Å². The Hall–Kier alpha value is -1.56. The van der Waals surface area contributed by atoms with Crippen LogP contribution in [-0.2, 0) is 6.42 Å². The summed E-state index contributed by atoms with van der Waals surface area (Å²) in [6.45, 7) is 2.77. The summed E-state index contributed by atoms with van der Waals surface area (Å²) in [7, 11) is 0. The fraction of sp³-hybridized carbons (Fsp3) is 0.500. The van der Waals surface area contributed by atoms with Crippen LogP contribution >= 0.6 is 0 Å². The van der Waals surface area contributed by atoms with E-state index >= 15 is 0 Å². The Balaban J connectivity index is 2.29. The van der Waals surface area contributed by atoms with E-state index in [1.165, 1.54) is 0 Å². The summed E-state index contributed by atoms with van der Waals surface area (Å²) in [6.07, 6.45) is -4.47. The summed E-state index contributed by atoms with van der Waals surface area (Å²) in [5.41, 5.74) is 1.87. The second-order valence-corrected chi connectivity index (χ2v) is 4.85. The van der Waals surface area contributed by atoms with Crippen LogP contribution in [0.2, 0.25) is 0 Å². The van der Waals surface area contributed by atoms with Crippen molar-refractivity contribution in [3.8, 4) is 0 Å². The molecule has 0 radical (unpaired) electrons. The maximum atomic E-state index is 12.6. The molecule has 110 valence electrons. The van der Waals surface area contributed by atoms with Gasteiger partial charge in [-0.3, -0.25) is 4.79 Å². The van der Waals surface area contributed by atoms with E-state index in [-0.39, 0.29) is 5.91 Å². The number of halogens is 3. The van der Waals surface area contributed by atoms with E-state index in [2.05, 4.69) is 10.6 Å². The van der Waals surface area contributed by atoms with Crippen LogP contribution in [0.15, 0.2) is 18.2 Å². The Morgan fingerprint density at radius 3 is 2.80 bits per heavy atom. The molecule has 1 heterocycles. The van der Waals surface area contributed by atoms with Crippen LogP contribution in [0.1, 0.15) is 40.9 Å². The van der Waals surface area contributed by atoms with Gasteiger partial charge in [-0.15, -0.1) is 0 Å². The standard InChI is InChI=1S/C14H17F3N2O/c1-2-18-12(8-14(15,16)17)10-4-3-9-5-6-19-13(20)11(9)7-10/h3-4,7,12,18H,2,5-6,8H2,1H3,(H,19,20). The average molecular weight is 286 g/mol. The summed E-state index contributed by atoms with van der Waals surface area (Å²) in [4.78, 5) is 11.7. The first-order chi connectivity index (χ1) is 9.40. The third-order valence-electron chi connectivity index (χ3n) is 3.35. The lowest BCUT2D eigenvalue weighted by atomic mass is 9.94. The number of alkyl halides is 3. The maximum Gasteiger partial charge on any atom is 0.390 e. The highest BCUT2D eigenvalue weighted by atomic mass is 19.4. The minimum atomic E-state index is -4.25. The van der Waals surface area contributed by atoms with Crippen molar-refractivity contribution < 1.29 is 18.0 Å². The zero-order chi connectivity index (χ0) is 14.8. The molecule has 0 saturated carbocycles. The molecule has 1 aliphatic heterocycles. The normalized spacial score (nSPS) is 16.5. The topological polar surface area (TPSA) is 41.1 Å². The zero-order valence-corrected chi connectivity index (χ0v) is 11.2. The van der Waals surface area contributed by atoms with Gasteiger partial charge in [0.1, 0.15) is 0 Å². The van der Waals surface area contributed by atoms with Crippen LogP contribution in [0.25, 0.3) is 0 Å². The predicted molar refractivity (Wildman–Crippen MR) is 69.6 cm³/mol. The fourth-order valence-corrected chi connectivity index (χ4v) is 2.43. The van der Waals surface area contributed by atoms with Gasteiger partial charge in [-0.1, -0.05) is 19.1 Å². The van der Waals surface area contributed by atoms with Gasteiger partial charge in [0.2, 0.25) is 0 Å². The van der Waals surface area contributed by atoms with E-state index in [1.54, 1.807) is 25.1 Å². The van der Waals surface area contributed by atoms with Gasteiger partial charge in [-0.2, -0.15) is 13.2 Å². The van der Waals surface area contributed by atoms with E-state index in [0.717, 1.165) is 5.56 Å². The van der Waals surface area contributed by atoms with Crippen LogP contribution in [-0.4, -0.2) is 25.2 Å². The Morgan fingerprint density at radius 2 is 2.15 bits per heavy atom. The predicted octanol–water partition coefficient (Wildman–Crippen LogP) is 2.58. The number of benzene rings is 1. The van der Waals surface area contributed by atoms with Gasteiger partial charge in [0.25, 0.3) is 5.91 Å². The van der Waals surface area contributed by atoms with Gasteiger partial charge in [-0.25, -0.2) is 0 Å². The van der Waals surface area contributed by atoms with E-state index in [0.29, 0.717) is 30.6 Å². The minimum absolute atomic E-state index is 0.213. The summed E-state index contributed by atoms with van der Waals surface area (Å²) in [5.74, 6) is -0.213. The molecule has 1 aliphatic rings. The summed E-state index contributed by atoms with van der Waals surface area (Å²) < 4.78 is 37.8. The minimum Gasteiger partial charge on any atom is -0.352 e. The summed E-state index contributed by atoms with van der Waals surface area (Å²) >= 11 is 0. The second kappa shape index (κ2) is 5.83. The average Bonchev–Trinajstić information content (AvgIpc) is 2.37. The van der Waals surface area contributed by atoms with Crippen molar-refractivity contribution in [3.05, 3.63) is 34.9 Å². The van der Waals surface area contributed by atoms with Crippen LogP contribution in [0.4, 0.5) is 13.2 Å². The molecule has 6 heteroatoms. The highest BCUT2D eigenvalue weighted by Gasteiger charge is 2.32. The number of fused-ring (bicyclic) bond motifs is 1. The van der Waals surface area contributed by atoms with Gasteiger partial charge >= 0.3 is 6.18 Å². The smallest absolute Gasteiger partial charge is 0.352 e. The lowest BCUT2D eigenvalue weighted by Gasteiger charge is -2.23. The number of hydrogen-bond acceptors (Lipinski definition) is 2. The highest BCUT2D eigenvalue weighted by molar-refractivity contribution is 5.96. The monoisotopic (exact) mass is 286 g/mol. The van der Waals surface area contributed by atoms with Crippen molar-refractivity contribution in [2.24, 2.45) is 0 Å². The molecule has 0 saturated heterocycles. The first-order valence-electron chi connectivity index (χ1n) is 6.62. The number of carbonyl (C=O) groups is 1. The molecule has 3 nitrogen and oxygen atoms in total. The molecule has 0 aliphatic carbocycles. The molecule has 1 atom stereocenters. The molecule has 1 amide bonds. The van der Waals surface area contributed by atoms with Crippen LogP contribution in [0.5, 0.6) is 0 Å². The molecular formula is C14H17F3N2O. The lowest BCUT2D eigenvalue weighted by molar-refractivity contribution is -0.140. The molecule has 0 spiro atoms. The van der Waals surface area contributed by atoms with Gasteiger partial charge < -0.3 is 10.6 Å². The highest BCUT2D eigenvalue weighted by Crippen LogP contribution is 2.30. The third kappa shape index (κ3) is 3.50. The summed E-state index contributed by atoms with van der Waals surface area (Å²) in [6, 6.07) is 4.18. The van der Waals surface area contributed by atoms with Crippen molar-refractivity contribution >= 4 is 5.91 Å². The fourth-order valence-electron chi connectivity index (χ4n) is 2.43. The second-order valence-electron chi connectivity index (χ2n) is 4.85. The number of rotatable bonds is 4. The quantitative estimate of drug-likeness (QED) is 0.893. The Labute approximate surface area is 115 Å². The summed E-state index contributed by atoms with van der Waals surface area (Å²) in [5, 5.41) is 5.53. The van der Waals surface area contributed by atoms with Crippen LogP contribution < -0.4 is 10.6 Å². The molecule has 2 rings (SSSR count). The van der Waals surface area contributed by atoms with E-state index < -0.39 is 18.6 Å². The number of hydrogen-bond donors (Lipinski definition) is 2. The Morgan fingerprint density at radius 1 is 1.40 bits per heavy atom. The Bertz CT molecular complexity index is 500. The zero-order valence-electron chi connectivity index (χ0n) is 11.2. The molecule has 2 N–H and O–H groups in total. The van der Waals surface area contributed by atoms with E-state index in [4.69, 9.17) is 0 Å². The molecule has 0 bridgehead atoms. The first-order valence-corrected chi connectivity index (χ1v) is 6.62.